The van der Waals surface area contributed by atoms with Gasteiger partial charge in [0, 0.05) is 33.9 Å². The quantitative estimate of drug-likeness (QED) is 0.865. The Balaban J connectivity index is 2.00. The lowest BCUT2D eigenvalue weighted by Crippen LogP contribution is -2.21. The van der Waals surface area contributed by atoms with E-state index in [0.717, 1.165) is 17.2 Å². The van der Waals surface area contributed by atoms with Crippen LogP contribution in [-0.2, 0) is 20.6 Å². The topological polar surface area (TPSA) is 90.4 Å². The lowest BCUT2D eigenvalue weighted by Gasteiger charge is -2.08. The number of nitrogens with two attached hydrogens (primary N) is 1. The van der Waals surface area contributed by atoms with Crippen LogP contribution in [0.2, 0.25) is 0 Å². The molecule has 2 atom stereocenters. The van der Waals surface area contributed by atoms with Gasteiger partial charge in [0.05, 0.1) is 11.8 Å². The van der Waals surface area contributed by atoms with Crippen LogP contribution < -0.4 is 5.73 Å². The highest BCUT2D eigenvalue weighted by atomic mass is 32.2. The molecule has 0 bridgehead atoms. The van der Waals surface area contributed by atoms with E-state index in [2.05, 4.69) is 0 Å². The van der Waals surface area contributed by atoms with Gasteiger partial charge < -0.3 is 10.2 Å². The Morgan fingerprint density at radius 2 is 2.05 bits per heavy atom. The molecule has 0 fully saturated rings. The van der Waals surface area contributed by atoms with E-state index in [4.69, 9.17) is 10.2 Å². The number of hydrogen-bond donors (Lipinski definition) is 1. The lowest BCUT2D eigenvalue weighted by atomic mass is 10.2. The van der Waals surface area contributed by atoms with Crippen LogP contribution in [0.5, 0.6) is 0 Å². The first-order valence-electron chi connectivity index (χ1n) is 6.12. The summed E-state index contributed by atoms with van der Waals surface area (Å²) >= 11 is 0. The van der Waals surface area contributed by atoms with Gasteiger partial charge >= 0.3 is 0 Å². The molecular weight excluding hydrogens is 298 g/mol. The maximum absolute atomic E-state index is 11.8. The molecule has 0 spiro atoms. The Morgan fingerprint density at radius 1 is 1.35 bits per heavy atom. The Morgan fingerprint density at radius 3 is 2.70 bits per heavy atom. The standard InChI is InChI=1S/C13H17NO4S2/c1-20(16,17)7-6-19(15)9-11(14)13-8-10-4-2-3-5-12(10)18-13/h2-5,8,11H,6-7,9,14H2,1H3. The largest absolute Gasteiger partial charge is 0.459 e. The van der Waals surface area contributed by atoms with E-state index >= 15 is 0 Å². The highest BCUT2D eigenvalue weighted by Crippen LogP contribution is 2.23. The molecule has 0 saturated heterocycles. The molecule has 2 aromatic rings. The Bertz CT molecular complexity index is 688. The molecule has 0 amide bonds. The van der Waals surface area contributed by atoms with Crippen LogP contribution in [0, 0.1) is 0 Å². The molecule has 7 heteroatoms. The van der Waals surface area contributed by atoms with Crippen molar-refractivity contribution in [3.05, 3.63) is 36.1 Å². The first-order chi connectivity index (χ1) is 9.35. The van der Waals surface area contributed by atoms with E-state index in [0.29, 0.717) is 5.76 Å². The average molecular weight is 315 g/mol. The molecule has 5 nitrogen and oxygen atoms in total. The number of benzene rings is 1. The summed E-state index contributed by atoms with van der Waals surface area (Å²) < 4.78 is 39.5. The first kappa shape index (κ1) is 15.2. The number of hydrogen-bond acceptors (Lipinski definition) is 5. The second-order valence-corrected chi connectivity index (χ2v) is 8.61. The van der Waals surface area contributed by atoms with Crippen molar-refractivity contribution in [3.8, 4) is 0 Å². The molecule has 0 aliphatic rings. The van der Waals surface area contributed by atoms with Gasteiger partial charge in [-0.25, -0.2) is 8.42 Å². The van der Waals surface area contributed by atoms with Gasteiger partial charge in [0.1, 0.15) is 21.2 Å². The number of sulfone groups is 1. The normalized spacial score (nSPS) is 15.3. The van der Waals surface area contributed by atoms with Gasteiger partial charge in [-0.3, -0.25) is 4.21 Å². The van der Waals surface area contributed by atoms with Gasteiger partial charge in [0.15, 0.2) is 0 Å². The summed E-state index contributed by atoms with van der Waals surface area (Å²) in [6.45, 7) is 0. The zero-order chi connectivity index (χ0) is 14.8. The minimum absolute atomic E-state index is 0.0908. The number of para-hydroxylation sites is 1. The Hall–Kier alpha value is -1.18. The third-order valence-corrected chi connectivity index (χ3v) is 5.45. The van der Waals surface area contributed by atoms with Gasteiger partial charge in [0.2, 0.25) is 0 Å². The summed E-state index contributed by atoms with van der Waals surface area (Å²) in [7, 11) is -4.38. The van der Waals surface area contributed by atoms with E-state index in [9.17, 15) is 12.6 Å². The second-order valence-electron chi connectivity index (χ2n) is 4.73. The van der Waals surface area contributed by atoms with Crippen LogP contribution in [0.15, 0.2) is 34.7 Å². The van der Waals surface area contributed by atoms with Crippen molar-refractivity contribution in [2.75, 3.05) is 23.5 Å². The fraction of sp³-hybridized carbons (Fsp3) is 0.385. The number of furan rings is 1. The number of fused-ring (bicyclic) bond motifs is 1. The molecule has 2 rings (SSSR count). The van der Waals surface area contributed by atoms with E-state index in [1.54, 1.807) is 0 Å². The SMILES string of the molecule is CS(=O)(=O)CCS(=O)CC(N)c1cc2ccccc2o1. The van der Waals surface area contributed by atoms with Gasteiger partial charge in [-0.05, 0) is 12.1 Å². The predicted octanol–water partition coefficient (Wildman–Crippen LogP) is 1.23. The molecule has 20 heavy (non-hydrogen) atoms. The van der Waals surface area contributed by atoms with Crippen LogP contribution in [0.1, 0.15) is 11.8 Å². The zero-order valence-electron chi connectivity index (χ0n) is 11.1. The van der Waals surface area contributed by atoms with Crippen molar-refractivity contribution < 1.29 is 17.0 Å². The maximum atomic E-state index is 11.8. The van der Waals surface area contributed by atoms with Crippen molar-refractivity contribution in [3.63, 3.8) is 0 Å². The molecule has 0 saturated carbocycles. The Labute approximate surface area is 120 Å². The van der Waals surface area contributed by atoms with Crippen LogP contribution in [0.4, 0.5) is 0 Å². The van der Waals surface area contributed by atoms with Crippen molar-refractivity contribution in [1.82, 2.24) is 0 Å². The van der Waals surface area contributed by atoms with Crippen molar-refractivity contribution in [1.29, 1.82) is 0 Å². The molecular formula is C13H17NO4S2. The minimum Gasteiger partial charge on any atom is -0.459 e. The van der Waals surface area contributed by atoms with Gasteiger partial charge in [0.25, 0.3) is 0 Å². The van der Waals surface area contributed by atoms with Crippen molar-refractivity contribution >= 4 is 31.6 Å². The molecule has 0 aliphatic carbocycles. The summed E-state index contributed by atoms with van der Waals surface area (Å²) in [5.74, 6) is 0.771. The molecule has 0 aliphatic heterocycles. The van der Waals surface area contributed by atoms with Crippen LogP contribution in [-0.4, -0.2) is 36.1 Å². The van der Waals surface area contributed by atoms with Crippen LogP contribution in [0.25, 0.3) is 11.0 Å². The Kier molecular flexibility index (Phi) is 4.62. The second kappa shape index (κ2) is 6.07. The fourth-order valence-corrected chi connectivity index (χ4v) is 4.48. The fourth-order valence-electron chi connectivity index (χ4n) is 1.80. The predicted molar refractivity (Wildman–Crippen MR) is 80.7 cm³/mol. The highest BCUT2D eigenvalue weighted by Gasteiger charge is 2.16. The van der Waals surface area contributed by atoms with E-state index in [1.165, 1.54) is 0 Å². The first-order valence-corrected chi connectivity index (χ1v) is 9.67. The van der Waals surface area contributed by atoms with Gasteiger partial charge in [-0.15, -0.1) is 0 Å². The molecule has 110 valence electrons. The van der Waals surface area contributed by atoms with Crippen LogP contribution in [0.3, 0.4) is 0 Å². The zero-order valence-corrected chi connectivity index (χ0v) is 12.7. The molecule has 0 radical (unpaired) electrons. The third kappa shape index (κ3) is 4.16. The monoisotopic (exact) mass is 315 g/mol. The molecule has 1 aromatic heterocycles. The summed E-state index contributed by atoms with van der Waals surface area (Å²) in [5, 5.41) is 0.944. The average Bonchev–Trinajstić information content (AvgIpc) is 2.79. The summed E-state index contributed by atoms with van der Waals surface area (Å²) in [6.07, 6.45) is 1.13. The summed E-state index contributed by atoms with van der Waals surface area (Å²) in [4.78, 5) is 0. The molecule has 2 unspecified atom stereocenters. The summed E-state index contributed by atoms with van der Waals surface area (Å²) in [6, 6.07) is 8.85. The molecule has 1 aromatic carbocycles. The maximum Gasteiger partial charge on any atom is 0.148 e. The van der Waals surface area contributed by atoms with Crippen LogP contribution >= 0.6 is 0 Å². The summed E-state index contributed by atoms with van der Waals surface area (Å²) in [5.41, 5.74) is 6.70. The van der Waals surface area contributed by atoms with E-state index in [1.807, 2.05) is 30.3 Å². The third-order valence-electron chi connectivity index (χ3n) is 2.86. The lowest BCUT2D eigenvalue weighted by molar-refractivity contribution is 0.514. The molecule has 1 heterocycles. The van der Waals surface area contributed by atoms with E-state index in [-0.39, 0.29) is 17.3 Å². The van der Waals surface area contributed by atoms with Crippen molar-refractivity contribution in [2.24, 2.45) is 5.73 Å². The highest BCUT2D eigenvalue weighted by molar-refractivity contribution is 7.92. The molecule has 2 N–H and O–H groups in total. The van der Waals surface area contributed by atoms with Gasteiger partial charge in [-0.1, -0.05) is 18.2 Å². The van der Waals surface area contributed by atoms with Gasteiger partial charge in [-0.2, -0.15) is 0 Å². The smallest absolute Gasteiger partial charge is 0.148 e. The van der Waals surface area contributed by atoms with E-state index < -0.39 is 26.7 Å². The number of rotatable bonds is 6. The minimum atomic E-state index is -3.10. The van der Waals surface area contributed by atoms with Crippen molar-refractivity contribution in [2.45, 2.75) is 6.04 Å².